The Kier molecular flexibility index (Phi) is 8.78. The van der Waals surface area contributed by atoms with Gasteiger partial charge in [0.15, 0.2) is 0 Å². The van der Waals surface area contributed by atoms with Gasteiger partial charge >= 0.3 is 0 Å². The van der Waals surface area contributed by atoms with Gasteiger partial charge in [-0.3, -0.25) is 4.98 Å². The van der Waals surface area contributed by atoms with Gasteiger partial charge in [-0.1, -0.05) is 29.8 Å². The molecular weight excluding hydrogens is 498 g/mol. The largest absolute Gasteiger partial charge is 0.744 e. The van der Waals surface area contributed by atoms with E-state index >= 15 is 0 Å². The lowest BCUT2D eigenvalue weighted by Crippen LogP contribution is -2.33. The Morgan fingerprint density at radius 3 is 2.28 bits per heavy atom. The van der Waals surface area contributed by atoms with Crippen molar-refractivity contribution in [1.29, 1.82) is 0 Å². The maximum atomic E-state index is 10.8. The lowest BCUT2D eigenvalue weighted by molar-refractivity contribution is -0.0750. The van der Waals surface area contributed by atoms with E-state index in [1.165, 1.54) is 0 Å². The number of hydrogen-bond donors (Lipinski definition) is 1. The van der Waals surface area contributed by atoms with E-state index in [9.17, 15) is 13.0 Å². The molecule has 1 unspecified atom stereocenters. The van der Waals surface area contributed by atoms with Crippen LogP contribution in [0.2, 0.25) is 0 Å². The van der Waals surface area contributed by atoms with Crippen LogP contribution in [-0.2, 0) is 27.4 Å². The minimum atomic E-state index is -4.33. The zero-order valence-electron chi connectivity index (χ0n) is 20.8. The van der Waals surface area contributed by atoms with Gasteiger partial charge in [-0.15, -0.1) is 0 Å². The van der Waals surface area contributed by atoms with E-state index in [-0.39, 0.29) is 15.6 Å². The molecule has 0 radical (unpaired) electrons. The maximum absolute atomic E-state index is 10.8. The molecule has 0 spiro atoms. The van der Waals surface area contributed by atoms with Crippen LogP contribution in [0.5, 0.6) is 11.6 Å². The summed E-state index contributed by atoms with van der Waals surface area (Å²) in [6, 6.07) is 15.2. The van der Waals surface area contributed by atoms with E-state index in [0.29, 0.717) is 29.1 Å². The fourth-order valence-electron chi connectivity index (χ4n) is 3.86. The fraction of sp³-hybridized carbons (Fsp3) is 0.231. The van der Waals surface area contributed by atoms with Crippen molar-refractivity contribution in [3.63, 3.8) is 0 Å². The molecular formula is C26H29N3O5S2. The standard InChI is InChI=1S/C17H17N3O2S.C9H12O3S/c1-21-17-16-14(6-8-20-17)15(7-9-19-16)22-11-12-4-3-5-13(10-12)23(2)18;1-6-4-7(2)9(8(3)5-6)13(10,11)12/h3-10,18H,11H2,1-2H3;4-5H,1-3H3,(H,10,11,12). The summed E-state index contributed by atoms with van der Waals surface area (Å²) in [6.45, 7) is 5.59. The Morgan fingerprint density at radius 1 is 1.00 bits per heavy atom. The van der Waals surface area contributed by atoms with Crippen molar-refractivity contribution >= 4 is 31.7 Å². The second kappa shape index (κ2) is 11.6. The highest BCUT2D eigenvalue weighted by atomic mass is 32.2. The molecule has 0 amide bonds. The number of pyridine rings is 2. The van der Waals surface area contributed by atoms with Crippen molar-refractivity contribution in [2.75, 3.05) is 13.4 Å². The average Bonchev–Trinajstić information content (AvgIpc) is 2.81. The van der Waals surface area contributed by atoms with Crippen LogP contribution in [0.4, 0.5) is 0 Å². The van der Waals surface area contributed by atoms with Crippen LogP contribution in [0.3, 0.4) is 0 Å². The van der Waals surface area contributed by atoms with E-state index in [1.807, 2.05) is 43.5 Å². The summed E-state index contributed by atoms with van der Waals surface area (Å²) in [7, 11) is -3.00. The van der Waals surface area contributed by atoms with Crippen molar-refractivity contribution in [3.8, 4) is 11.6 Å². The van der Waals surface area contributed by atoms with Crippen molar-refractivity contribution in [2.24, 2.45) is 0 Å². The Labute approximate surface area is 214 Å². The highest BCUT2D eigenvalue weighted by molar-refractivity contribution is 7.85. The Hall–Kier alpha value is -3.34. The van der Waals surface area contributed by atoms with E-state index in [4.69, 9.17) is 14.3 Å². The van der Waals surface area contributed by atoms with Crippen molar-refractivity contribution in [2.45, 2.75) is 37.2 Å². The summed E-state index contributed by atoms with van der Waals surface area (Å²) in [5, 5.41) is 0.879. The predicted octanol–water partition coefficient (Wildman–Crippen LogP) is 3.28. The molecule has 8 nitrogen and oxygen atoms in total. The number of nitrogens with zero attached hydrogens (tertiary/aromatic N) is 2. The molecule has 2 aromatic heterocycles. The summed E-state index contributed by atoms with van der Waals surface area (Å²) < 4.78 is 49.7. The van der Waals surface area contributed by atoms with Crippen LogP contribution in [0.15, 0.2) is 70.7 Å². The zero-order valence-corrected chi connectivity index (χ0v) is 22.4. The van der Waals surface area contributed by atoms with Gasteiger partial charge in [-0.25, -0.2) is 18.2 Å². The molecule has 0 saturated heterocycles. The topological polar surface area (TPSA) is 127 Å². The highest BCUT2D eigenvalue weighted by Crippen LogP contribution is 2.29. The third kappa shape index (κ3) is 6.66. The Bertz CT molecular complexity index is 1500. The van der Waals surface area contributed by atoms with Crippen molar-refractivity contribution in [1.82, 2.24) is 9.97 Å². The van der Waals surface area contributed by atoms with E-state index in [2.05, 4.69) is 16.0 Å². The Balaban J connectivity index is 0.000000236. The lowest BCUT2D eigenvalue weighted by Gasteiger charge is -2.14. The first-order chi connectivity index (χ1) is 17.0. The van der Waals surface area contributed by atoms with Crippen LogP contribution in [-0.4, -0.2) is 36.3 Å². The number of rotatable bonds is 6. The van der Waals surface area contributed by atoms with Crippen molar-refractivity contribution in [3.05, 3.63) is 83.2 Å². The third-order valence-corrected chi connectivity index (χ3v) is 7.44. The molecule has 2 N–H and O–H groups in total. The molecule has 0 aliphatic rings. The van der Waals surface area contributed by atoms with Gasteiger partial charge in [0.2, 0.25) is 5.88 Å². The van der Waals surface area contributed by atoms with Crippen LogP contribution >= 0.6 is 0 Å². The van der Waals surface area contributed by atoms with Gasteiger partial charge in [-0.2, -0.15) is 0 Å². The molecule has 0 saturated carbocycles. The molecule has 2 heterocycles. The fourth-order valence-corrected chi connectivity index (χ4v) is 5.40. The average molecular weight is 528 g/mol. The number of ether oxygens (including phenoxy) is 2. The highest BCUT2D eigenvalue weighted by Gasteiger charge is 2.10. The van der Waals surface area contributed by atoms with Gasteiger partial charge < -0.3 is 14.0 Å². The number of benzene rings is 2. The van der Waals surface area contributed by atoms with Gasteiger partial charge in [0.25, 0.3) is 0 Å². The third-order valence-electron chi connectivity index (χ3n) is 5.30. The molecule has 2 aromatic carbocycles. The summed E-state index contributed by atoms with van der Waals surface area (Å²) in [4.78, 5) is 9.52. The number of aromatic nitrogens is 2. The zero-order chi connectivity index (χ0) is 26.5. The molecule has 4 aromatic rings. The molecule has 0 fully saturated rings. The molecule has 0 bridgehead atoms. The molecule has 10 heteroatoms. The minimum absolute atomic E-state index is 0.0851. The second-order valence-corrected chi connectivity index (χ2v) is 11.1. The van der Waals surface area contributed by atoms with Gasteiger partial charge in [0.1, 0.15) is 28.0 Å². The molecule has 0 aliphatic carbocycles. The smallest absolute Gasteiger partial charge is 0.240 e. The van der Waals surface area contributed by atoms with Gasteiger partial charge in [0.05, 0.1) is 27.6 Å². The molecule has 4 rings (SSSR count). The summed E-state index contributed by atoms with van der Waals surface area (Å²) >= 11 is 0. The van der Waals surface area contributed by atoms with Crippen LogP contribution in [0, 0.1) is 20.8 Å². The van der Waals surface area contributed by atoms with Crippen LogP contribution in [0.25, 0.3) is 10.9 Å². The monoisotopic (exact) mass is 527 g/mol. The number of methoxy groups -OCH3 is 1. The second-order valence-electron chi connectivity index (χ2n) is 8.20. The normalized spacial score (nSPS) is 11.9. The minimum Gasteiger partial charge on any atom is -0.744 e. The molecule has 0 aliphatic heterocycles. The summed E-state index contributed by atoms with van der Waals surface area (Å²) in [5.74, 6) is 1.25. The number of aryl methyl sites for hydroxylation is 3. The molecule has 190 valence electrons. The number of fused-ring (bicyclic) bond motifs is 1. The molecule has 36 heavy (non-hydrogen) atoms. The van der Waals surface area contributed by atoms with Crippen LogP contribution in [0.1, 0.15) is 22.3 Å². The van der Waals surface area contributed by atoms with E-state index in [0.717, 1.165) is 27.2 Å². The first-order valence-corrected chi connectivity index (χ1v) is 14.0. The van der Waals surface area contributed by atoms with Crippen LogP contribution < -0.4 is 14.3 Å². The Morgan fingerprint density at radius 2 is 1.67 bits per heavy atom. The quantitative estimate of drug-likeness (QED) is 0.381. The maximum Gasteiger partial charge on any atom is 0.240 e. The first kappa shape index (κ1) is 27.3. The predicted molar refractivity (Wildman–Crippen MR) is 139 cm³/mol. The molecule has 1 atom stereocenters. The van der Waals surface area contributed by atoms with E-state index < -0.39 is 10.1 Å². The van der Waals surface area contributed by atoms with Crippen molar-refractivity contribution < 1.29 is 27.2 Å². The lowest BCUT2D eigenvalue weighted by atomic mass is 10.1. The summed E-state index contributed by atoms with van der Waals surface area (Å²) in [5.41, 5.74) is 3.78. The first-order valence-electron chi connectivity index (χ1n) is 10.9. The van der Waals surface area contributed by atoms with Gasteiger partial charge in [-0.05, 0) is 61.7 Å². The number of hydrogen-bond acceptors (Lipinski definition) is 7. The van der Waals surface area contributed by atoms with Gasteiger partial charge in [0, 0.05) is 24.0 Å². The SMILES string of the molecule is COc1nccc2c(OCc3cccc(S(C)=[NH2+])c3)ccnc12.Cc1cc(C)c(S(=O)(=O)[O-])c(C)c1. The van der Waals surface area contributed by atoms with E-state index in [1.54, 1.807) is 45.5 Å². The number of nitrogens with two attached hydrogens (primary N) is 1. The summed E-state index contributed by atoms with van der Waals surface area (Å²) in [6.07, 6.45) is 5.38.